The lowest BCUT2D eigenvalue weighted by Gasteiger charge is -2.11. The van der Waals surface area contributed by atoms with Crippen molar-refractivity contribution in [1.82, 2.24) is 9.55 Å². The predicted molar refractivity (Wildman–Crippen MR) is 107 cm³/mol. The predicted octanol–water partition coefficient (Wildman–Crippen LogP) is 6.43. The average Bonchev–Trinajstić information content (AvgIpc) is 2.95. The molecule has 0 unspecified atom stereocenters. The van der Waals surface area contributed by atoms with E-state index in [0.717, 1.165) is 5.82 Å². The Hall–Kier alpha value is -2.61. The Bertz CT molecular complexity index is 1050. The molecule has 2 heteroatoms. The molecule has 4 aromatic rings. The maximum absolute atomic E-state index is 4.69. The molecule has 126 valence electrons. The first kappa shape index (κ1) is 15.9. The Kier molecular flexibility index (Phi) is 3.84. The summed E-state index contributed by atoms with van der Waals surface area (Å²) in [6, 6.07) is 19.8. The number of aromatic nitrogens is 2. The first-order chi connectivity index (χ1) is 12.1. The van der Waals surface area contributed by atoms with Crippen LogP contribution in [0.3, 0.4) is 0 Å². The molecule has 0 saturated heterocycles. The zero-order valence-corrected chi connectivity index (χ0v) is 15.3. The molecule has 0 saturated carbocycles. The molecule has 0 spiro atoms. The lowest BCUT2D eigenvalue weighted by molar-refractivity contribution is 0.858. The summed E-state index contributed by atoms with van der Waals surface area (Å²) in [4.78, 5) is 4.69. The molecular weight excluding hydrogens is 304 g/mol. The molecule has 2 nitrogen and oxygen atoms in total. The summed E-state index contributed by atoms with van der Waals surface area (Å²) >= 11 is 0. The highest BCUT2D eigenvalue weighted by Gasteiger charge is 2.14. The number of hydrogen-bond donors (Lipinski definition) is 0. The van der Waals surface area contributed by atoms with Gasteiger partial charge in [0.2, 0.25) is 0 Å². The van der Waals surface area contributed by atoms with Crippen molar-refractivity contribution in [2.24, 2.45) is 0 Å². The van der Waals surface area contributed by atoms with Crippen molar-refractivity contribution in [1.29, 1.82) is 0 Å². The average molecular weight is 328 g/mol. The maximum Gasteiger partial charge on any atom is 0.137 e. The van der Waals surface area contributed by atoms with Gasteiger partial charge in [-0.2, -0.15) is 0 Å². The standard InChI is InChI=1S/C23H24N2/c1-15(2)17-9-10-22-20(13-17)19-7-5-6-8-21(19)25(22)23-14-18(16(3)4)11-12-24-23/h5-16H,1-4H3. The van der Waals surface area contributed by atoms with Crippen LogP contribution in [-0.4, -0.2) is 9.55 Å². The van der Waals surface area contributed by atoms with Crippen LogP contribution in [0, 0.1) is 0 Å². The molecule has 2 heterocycles. The van der Waals surface area contributed by atoms with E-state index in [2.05, 4.69) is 91.8 Å². The third-order valence-electron chi connectivity index (χ3n) is 5.03. The van der Waals surface area contributed by atoms with E-state index < -0.39 is 0 Å². The van der Waals surface area contributed by atoms with Crippen LogP contribution in [0.2, 0.25) is 0 Å². The zero-order chi connectivity index (χ0) is 17.6. The monoisotopic (exact) mass is 328 g/mol. The Morgan fingerprint density at radius 1 is 0.720 bits per heavy atom. The second kappa shape index (κ2) is 6.03. The molecule has 0 amide bonds. The van der Waals surface area contributed by atoms with Crippen LogP contribution in [-0.2, 0) is 0 Å². The topological polar surface area (TPSA) is 17.8 Å². The van der Waals surface area contributed by atoms with Crippen LogP contribution in [0.4, 0.5) is 0 Å². The third kappa shape index (κ3) is 2.62. The van der Waals surface area contributed by atoms with Gasteiger partial charge in [0.1, 0.15) is 5.82 Å². The normalized spacial score (nSPS) is 11.9. The Morgan fingerprint density at radius 3 is 2.16 bits per heavy atom. The highest BCUT2D eigenvalue weighted by molar-refractivity contribution is 6.09. The number of hydrogen-bond acceptors (Lipinski definition) is 1. The first-order valence-electron chi connectivity index (χ1n) is 9.05. The molecule has 0 radical (unpaired) electrons. The maximum atomic E-state index is 4.69. The van der Waals surface area contributed by atoms with Crippen molar-refractivity contribution in [3.63, 3.8) is 0 Å². The molecule has 2 aromatic heterocycles. The molecule has 0 bridgehead atoms. The second-order valence-corrected chi connectivity index (χ2v) is 7.39. The number of benzene rings is 2. The molecule has 25 heavy (non-hydrogen) atoms. The number of rotatable bonds is 3. The van der Waals surface area contributed by atoms with E-state index in [1.165, 1.54) is 32.9 Å². The van der Waals surface area contributed by atoms with E-state index in [9.17, 15) is 0 Å². The summed E-state index contributed by atoms with van der Waals surface area (Å²) in [5.41, 5.74) is 5.12. The summed E-state index contributed by atoms with van der Waals surface area (Å²) < 4.78 is 2.29. The molecule has 0 fully saturated rings. The smallest absolute Gasteiger partial charge is 0.137 e. The molecule has 0 aliphatic heterocycles. The van der Waals surface area contributed by atoms with Crippen LogP contribution in [0.25, 0.3) is 27.6 Å². The van der Waals surface area contributed by atoms with Gasteiger partial charge in [-0.1, -0.05) is 52.0 Å². The van der Waals surface area contributed by atoms with Crippen LogP contribution >= 0.6 is 0 Å². The molecule has 0 aliphatic rings. The summed E-state index contributed by atoms with van der Waals surface area (Å²) in [7, 11) is 0. The zero-order valence-electron chi connectivity index (χ0n) is 15.3. The summed E-state index contributed by atoms with van der Waals surface area (Å²) in [5, 5.41) is 2.59. The van der Waals surface area contributed by atoms with E-state index >= 15 is 0 Å². The van der Waals surface area contributed by atoms with Crippen molar-refractivity contribution in [3.8, 4) is 5.82 Å². The van der Waals surface area contributed by atoms with Crippen molar-refractivity contribution in [3.05, 3.63) is 71.9 Å². The van der Waals surface area contributed by atoms with Crippen molar-refractivity contribution >= 4 is 21.8 Å². The minimum absolute atomic E-state index is 0.488. The lowest BCUT2D eigenvalue weighted by atomic mass is 10.0. The Morgan fingerprint density at radius 2 is 1.40 bits per heavy atom. The minimum atomic E-state index is 0.488. The van der Waals surface area contributed by atoms with Crippen LogP contribution in [0.15, 0.2) is 60.8 Å². The SMILES string of the molecule is CC(C)c1ccnc(-n2c3ccccc3c3cc(C(C)C)ccc32)c1. The summed E-state index contributed by atoms with van der Waals surface area (Å²) in [6.07, 6.45) is 1.92. The fourth-order valence-electron chi connectivity index (χ4n) is 3.51. The van der Waals surface area contributed by atoms with Crippen LogP contribution in [0.1, 0.15) is 50.7 Å². The van der Waals surface area contributed by atoms with Gasteiger partial charge in [-0.15, -0.1) is 0 Å². The first-order valence-corrected chi connectivity index (χ1v) is 9.05. The van der Waals surface area contributed by atoms with Crippen molar-refractivity contribution in [2.75, 3.05) is 0 Å². The van der Waals surface area contributed by atoms with E-state index in [1.54, 1.807) is 0 Å². The van der Waals surface area contributed by atoms with Gasteiger partial charge in [0.25, 0.3) is 0 Å². The van der Waals surface area contributed by atoms with E-state index in [-0.39, 0.29) is 0 Å². The molecular formula is C23H24N2. The molecule has 0 aliphatic carbocycles. The number of fused-ring (bicyclic) bond motifs is 3. The van der Waals surface area contributed by atoms with E-state index in [1.807, 2.05) is 6.20 Å². The highest BCUT2D eigenvalue weighted by atomic mass is 15.1. The highest BCUT2D eigenvalue weighted by Crippen LogP contribution is 2.33. The van der Waals surface area contributed by atoms with E-state index in [4.69, 9.17) is 0 Å². The quantitative estimate of drug-likeness (QED) is 0.424. The van der Waals surface area contributed by atoms with Gasteiger partial charge in [-0.3, -0.25) is 4.57 Å². The molecule has 4 rings (SSSR count). The lowest BCUT2D eigenvalue weighted by Crippen LogP contribution is -1.99. The van der Waals surface area contributed by atoms with Gasteiger partial charge in [0, 0.05) is 17.0 Å². The van der Waals surface area contributed by atoms with E-state index in [0.29, 0.717) is 11.8 Å². The van der Waals surface area contributed by atoms with Crippen LogP contribution < -0.4 is 0 Å². The molecule has 0 N–H and O–H groups in total. The summed E-state index contributed by atoms with van der Waals surface area (Å²) in [6.45, 7) is 8.93. The number of nitrogens with zero attached hydrogens (tertiary/aromatic N) is 2. The van der Waals surface area contributed by atoms with Crippen molar-refractivity contribution in [2.45, 2.75) is 39.5 Å². The largest absolute Gasteiger partial charge is 0.294 e. The Labute approximate surface area is 149 Å². The van der Waals surface area contributed by atoms with Gasteiger partial charge in [0.05, 0.1) is 11.0 Å². The third-order valence-corrected chi connectivity index (χ3v) is 5.03. The number of para-hydroxylation sites is 1. The Balaban J connectivity index is 2.07. The molecule has 2 aromatic carbocycles. The number of pyridine rings is 1. The molecule has 0 atom stereocenters. The van der Waals surface area contributed by atoms with Crippen LogP contribution in [0.5, 0.6) is 0 Å². The van der Waals surface area contributed by atoms with Gasteiger partial charge in [-0.05, 0) is 53.3 Å². The van der Waals surface area contributed by atoms with Crippen molar-refractivity contribution < 1.29 is 0 Å². The van der Waals surface area contributed by atoms with Gasteiger partial charge in [0.15, 0.2) is 0 Å². The van der Waals surface area contributed by atoms with Gasteiger partial charge >= 0.3 is 0 Å². The van der Waals surface area contributed by atoms with Gasteiger partial charge < -0.3 is 0 Å². The van der Waals surface area contributed by atoms with Gasteiger partial charge in [-0.25, -0.2) is 4.98 Å². The fraction of sp³-hybridized carbons (Fsp3) is 0.261. The summed E-state index contributed by atoms with van der Waals surface area (Å²) in [5.74, 6) is 2.01. The minimum Gasteiger partial charge on any atom is -0.294 e. The second-order valence-electron chi connectivity index (χ2n) is 7.39. The fourth-order valence-corrected chi connectivity index (χ4v) is 3.51.